The minimum Gasteiger partial charge on any atom is -0.508 e. The summed E-state index contributed by atoms with van der Waals surface area (Å²) in [6.07, 6.45) is -0.231. The predicted octanol–water partition coefficient (Wildman–Crippen LogP) is 0.936. The maximum atomic E-state index is 13.5. The average molecular weight is 520 g/mol. The van der Waals surface area contributed by atoms with Gasteiger partial charge < -0.3 is 37.2 Å². The monoisotopic (exact) mass is 519 g/mol. The summed E-state index contributed by atoms with van der Waals surface area (Å²) in [6, 6.07) is 9.32. The summed E-state index contributed by atoms with van der Waals surface area (Å²) in [5.74, 6) is -7.27. The molecule has 196 valence electrons. The molecule has 2 amide bonds. The van der Waals surface area contributed by atoms with Gasteiger partial charge in [-0.1, -0.05) is 12.1 Å². The molecule has 38 heavy (non-hydrogen) atoms. The first-order chi connectivity index (χ1) is 17.9. The molecule has 0 bridgehead atoms. The molecule has 0 heterocycles. The Kier molecular flexibility index (Phi) is 5.75. The lowest BCUT2D eigenvalue weighted by Crippen LogP contribution is -2.58. The number of ketones is 2. The summed E-state index contributed by atoms with van der Waals surface area (Å²) in [7, 11) is 0. The van der Waals surface area contributed by atoms with Gasteiger partial charge in [0, 0.05) is 35.7 Å². The number of anilines is 1. The smallest absolute Gasteiger partial charge is 0.255 e. The van der Waals surface area contributed by atoms with Gasteiger partial charge in [-0.15, -0.1) is 0 Å². The normalized spacial score (nSPS) is 24.4. The Morgan fingerprint density at radius 2 is 1.82 bits per heavy atom. The largest absolute Gasteiger partial charge is 0.508 e. The lowest BCUT2D eigenvalue weighted by molar-refractivity contribution is -0.147. The van der Waals surface area contributed by atoms with E-state index in [-0.39, 0.29) is 42.2 Å². The molecule has 3 atom stereocenters. The number of aromatic hydroxyl groups is 1. The summed E-state index contributed by atoms with van der Waals surface area (Å²) in [5, 5.41) is 46.4. The number of amides is 2. The number of nitrogen functional groups attached to an aromatic ring is 1. The Hall–Kier alpha value is -4.64. The van der Waals surface area contributed by atoms with Crippen LogP contribution in [0.4, 0.5) is 5.69 Å². The molecule has 0 saturated heterocycles. The van der Waals surface area contributed by atoms with E-state index in [1.165, 1.54) is 12.1 Å². The van der Waals surface area contributed by atoms with Gasteiger partial charge in [0.15, 0.2) is 11.4 Å². The molecule has 0 spiro atoms. The number of primary amides is 1. The van der Waals surface area contributed by atoms with E-state index in [0.717, 1.165) is 0 Å². The maximum absolute atomic E-state index is 13.5. The summed E-state index contributed by atoms with van der Waals surface area (Å²) in [6.45, 7) is 0.0386. The predicted molar refractivity (Wildman–Crippen MR) is 133 cm³/mol. The molecule has 1 saturated carbocycles. The Morgan fingerprint density at radius 1 is 1.08 bits per heavy atom. The minimum absolute atomic E-state index is 0.0215. The molecule has 0 radical (unpaired) electrons. The summed E-state index contributed by atoms with van der Waals surface area (Å²) in [4.78, 5) is 50.4. The van der Waals surface area contributed by atoms with E-state index in [1.54, 1.807) is 24.3 Å². The van der Waals surface area contributed by atoms with Crippen molar-refractivity contribution in [3.8, 4) is 5.75 Å². The number of Topliss-reactive ketones (excluding diaryl/α,β-unsaturated/α-hetero) is 2. The van der Waals surface area contributed by atoms with Crippen LogP contribution >= 0.6 is 0 Å². The number of nitrogens with two attached hydrogens (primary N) is 2. The number of carbonyl (C=O) groups excluding carboxylic acids is 4. The van der Waals surface area contributed by atoms with E-state index in [0.29, 0.717) is 22.4 Å². The topological polar surface area (TPSA) is 213 Å². The number of carbonyl (C=O) groups is 4. The van der Waals surface area contributed by atoms with Gasteiger partial charge in [0.25, 0.3) is 11.8 Å². The van der Waals surface area contributed by atoms with Crippen LogP contribution in [0.25, 0.3) is 5.76 Å². The quantitative estimate of drug-likeness (QED) is 0.226. The number of benzene rings is 2. The number of aliphatic hydroxyl groups excluding tert-OH is 2. The van der Waals surface area contributed by atoms with Crippen molar-refractivity contribution in [3.63, 3.8) is 0 Å². The molecule has 3 aliphatic rings. The van der Waals surface area contributed by atoms with Gasteiger partial charge in [0.1, 0.15) is 22.8 Å². The van der Waals surface area contributed by atoms with Crippen LogP contribution in [0.3, 0.4) is 0 Å². The summed E-state index contributed by atoms with van der Waals surface area (Å²) >= 11 is 0. The lowest BCUT2D eigenvalue weighted by atomic mass is 9.59. The van der Waals surface area contributed by atoms with Gasteiger partial charge in [0.2, 0.25) is 5.78 Å². The number of aliphatic hydroxyl groups is 3. The molecule has 11 nitrogen and oxygen atoms in total. The molecule has 0 aromatic heterocycles. The zero-order chi connectivity index (χ0) is 27.5. The second-order valence-corrected chi connectivity index (χ2v) is 9.81. The fourth-order valence-corrected chi connectivity index (χ4v) is 5.81. The molecule has 0 unspecified atom stereocenters. The van der Waals surface area contributed by atoms with Crippen LogP contribution in [0, 0.1) is 11.8 Å². The van der Waals surface area contributed by atoms with Crippen molar-refractivity contribution >= 4 is 34.8 Å². The Balaban J connectivity index is 1.53. The van der Waals surface area contributed by atoms with Gasteiger partial charge in [-0.3, -0.25) is 19.2 Å². The number of nitrogens with one attached hydrogen (secondary N) is 1. The Labute approximate surface area is 216 Å². The highest BCUT2D eigenvalue weighted by molar-refractivity contribution is 6.22. The number of hydrogen-bond acceptors (Lipinski definition) is 9. The second-order valence-electron chi connectivity index (χ2n) is 9.81. The van der Waals surface area contributed by atoms with Crippen molar-refractivity contribution in [3.05, 3.63) is 75.6 Å². The fraction of sp³-hybridized carbons (Fsp3) is 0.259. The van der Waals surface area contributed by atoms with Crippen LogP contribution in [-0.4, -0.2) is 49.4 Å². The number of fused-ring (bicyclic) bond motifs is 3. The molecule has 9 N–H and O–H groups in total. The van der Waals surface area contributed by atoms with E-state index >= 15 is 0 Å². The number of phenols is 1. The first-order valence-corrected chi connectivity index (χ1v) is 11.9. The zero-order valence-corrected chi connectivity index (χ0v) is 20.0. The molecule has 5 rings (SSSR count). The number of phenolic OH excluding ortho intramolecular Hbond substituents is 1. The highest BCUT2D eigenvalue weighted by Crippen LogP contribution is 2.52. The highest BCUT2D eigenvalue weighted by atomic mass is 16.3. The zero-order valence-electron chi connectivity index (χ0n) is 20.0. The minimum atomic E-state index is -2.62. The van der Waals surface area contributed by atoms with E-state index in [2.05, 4.69) is 5.32 Å². The molecule has 0 aliphatic heterocycles. The van der Waals surface area contributed by atoms with Crippen LogP contribution in [0.5, 0.6) is 5.75 Å². The van der Waals surface area contributed by atoms with Crippen molar-refractivity contribution in [2.45, 2.75) is 31.4 Å². The van der Waals surface area contributed by atoms with Crippen molar-refractivity contribution in [1.29, 1.82) is 0 Å². The van der Waals surface area contributed by atoms with Crippen LogP contribution in [0.15, 0.2) is 53.3 Å². The molecule has 2 aromatic carbocycles. The maximum Gasteiger partial charge on any atom is 0.255 e. The highest BCUT2D eigenvalue weighted by Gasteiger charge is 2.60. The first kappa shape index (κ1) is 25.0. The van der Waals surface area contributed by atoms with Crippen molar-refractivity contribution < 1.29 is 39.6 Å². The standard InChI is InChI=1S/C27H25N3O8/c28-15-3-1-2-11(7-15)26(37)30-10-12-4-5-17(31)20-16(12)8-13-6-14-9-18(32)21(25(29)36)24(35)27(14,38)23(34)19(13)22(20)33/h1-5,7,13-14,31,33,35,38H,6,8-10,28H2,(H2,29,36)(H,30,37)/t13-,14+,27+/m1/s1. The van der Waals surface area contributed by atoms with Gasteiger partial charge in [0.05, 0.1) is 5.56 Å². The average Bonchev–Trinajstić information content (AvgIpc) is 2.85. The van der Waals surface area contributed by atoms with Crippen molar-refractivity contribution in [2.75, 3.05) is 5.73 Å². The van der Waals surface area contributed by atoms with E-state index in [9.17, 15) is 39.6 Å². The van der Waals surface area contributed by atoms with E-state index in [4.69, 9.17) is 11.5 Å². The summed E-state index contributed by atoms with van der Waals surface area (Å²) in [5.41, 5.74) is 9.07. The van der Waals surface area contributed by atoms with Gasteiger partial charge in [-0.05, 0) is 54.2 Å². The van der Waals surface area contributed by atoms with Crippen LogP contribution in [0.2, 0.25) is 0 Å². The van der Waals surface area contributed by atoms with E-state index < -0.39 is 58.4 Å². The molecule has 11 heteroatoms. The molecule has 2 aromatic rings. The van der Waals surface area contributed by atoms with Crippen molar-refractivity contribution in [1.82, 2.24) is 5.32 Å². The van der Waals surface area contributed by atoms with Gasteiger partial charge >= 0.3 is 0 Å². The first-order valence-electron chi connectivity index (χ1n) is 11.9. The van der Waals surface area contributed by atoms with Gasteiger partial charge in [-0.25, -0.2) is 0 Å². The van der Waals surface area contributed by atoms with Crippen LogP contribution in [-0.2, 0) is 27.3 Å². The number of hydrogen-bond donors (Lipinski definition) is 7. The molecule has 3 aliphatic carbocycles. The van der Waals surface area contributed by atoms with Gasteiger partial charge in [-0.2, -0.15) is 0 Å². The number of rotatable bonds is 4. The van der Waals surface area contributed by atoms with Crippen molar-refractivity contribution in [2.24, 2.45) is 17.6 Å². The van der Waals surface area contributed by atoms with Crippen LogP contribution in [0.1, 0.15) is 39.9 Å². The molecular weight excluding hydrogens is 494 g/mol. The third-order valence-corrected chi connectivity index (χ3v) is 7.63. The molecular formula is C27H25N3O8. The SMILES string of the molecule is NC(=O)C1=C(O)[C@@]2(O)C(=O)C3=C(O)c4c(O)ccc(CNC(=O)c5cccc(N)c5)c4C[C@H]3C[C@H]2CC1=O. The van der Waals surface area contributed by atoms with E-state index in [1.807, 2.05) is 0 Å². The Bertz CT molecular complexity index is 1510. The third kappa shape index (κ3) is 3.62. The summed E-state index contributed by atoms with van der Waals surface area (Å²) < 4.78 is 0. The van der Waals surface area contributed by atoms with Crippen LogP contribution < -0.4 is 16.8 Å². The lowest BCUT2D eigenvalue weighted by Gasteiger charge is -2.46. The fourth-order valence-electron chi connectivity index (χ4n) is 5.81. The third-order valence-electron chi connectivity index (χ3n) is 7.63. The second kappa shape index (κ2) is 8.73. The Morgan fingerprint density at radius 3 is 2.50 bits per heavy atom. The molecule has 1 fully saturated rings.